The fraction of sp³-hybridized carbons (Fsp3) is 0.100. The Morgan fingerprint density at radius 3 is 2.83 bits per heavy atom. The molecule has 0 bridgehead atoms. The third-order valence-electron chi connectivity index (χ3n) is 1.92. The summed E-state index contributed by atoms with van der Waals surface area (Å²) in [6, 6.07) is 6.33. The predicted octanol–water partition coefficient (Wildman–Crippen LogP) is 2.66. The average molecular weight is 233 g/mol. The molecule has 0 saturated carbocycles. The van der Waals surface area contributed by atoms with E-state index in [-0.39, 0.29) is 32.7 Å². The molecule has 0 aliphatic heterocycles. The van der Waals surface area contributed by atoms with Gasteiger partial charge < -0.3 is 4.98 Å². The molecule has 0 amide bonds. The molecule has 1 radical (unpaired) electrons. The van der Waals surface area contributed by atoms with Crippen LogP contribution in [-0.4, -0.2) is 4.98 Å². The standard InChI is InChI=1S/C10H10N.Y/c1-7-3-4-9-8(2)6-11-10(9)5-7;/h3-6,11H,2H2,1H3;/q-1;. The maximum absolute atomic E-state index is 3.91. The van der Waals surface area contributed by atoms with Gasteiger partial charge in [-0.25, -0.2) is 0 Å². The molecule has 1 heterocycles. The minimum Gasteiger partial charge on any atom is -0.424 e. The zero-order chi connectivity index (χ0) is 7.84. The van der Waals surface area contributed by atoms with Gasteiger partial charge in [0.2, 0.25) is 0 Å². The van der Waals surface area contributed by atoms with Crippen molar-refractivity contribution in [2.45, 2.75) is 6.92 Å². The molecular weight excluding hydrogens is 223 g/mol. The van der Waals surface area contributed by atoms with Crippen molar-refractivity contribution in [3.8, 4) is 0 Å². The Balaban J connectivity index is 0.000000720. The van der Waals surface area contributed by atoms with E-state index in [0.29, 0.717) is 0 Å². The summed E-state index contributed by atoms with van der Waals surface area (Å²) in [5.74, 6) is 0. The summed E-state index contributed by atoms with van der Waals surface area (Å²) < 4.78 is 0. The molecule has 2 heteroatoms. The number of benzene rings is 1. The Kier molecular flexibility index (Phi) is 2.97. The number of hydrogen-bond donors (Lipinski definition) is 1. The van der Waals surface area contributed by atoms with Gasteiger partial charge in [-0.1, -0.05) is 11.6 Å². The third-order valence-corrected chi connectivity index (χ3v) is 1.92. The molecule has 0 aliphatic rings. The van der Waals surface area contributed by atoms with Crippen molar-refractivity contribution in [2.75, 3.05) is 0 Å². The van der Waals surface area contributed by atoms with E-state index in [2.05, 4.69) is 37.0 Å². The van der Waals surface area contributed by atoms with Crippen LogP contribution in [0.1, 0.15) is 11.1 Å². The van der Waals surface area contributed by atoms with Gasteiger partial charge in [-0.05, 0) is 18.5 Å². The third kappa shape index (κ3) is 1.57. The van der Waals surface area contributed by atoms with Gasteiger partial charge in [0, 0.05) is 32.7 Å². The fourth-order valence-electron chi connectivity index (χ4n) is 1.30. The average Bonchev–Trinajstić information content (AvgIpc) is 2.32. The van der Waals surface area contributed by atoms with Crippen LogP contribution in [0, 0.1) is 13.8 Å². The second-order valence-electron chi connectivity index (χ2n) is 2.86. The van der Waals surface area contributed by atoms with E-state index in [1.807, 2.05) is 6.20 Å². The molecule has 59 valence electrons. The molecule has 2 rings (SSSR count). The zero-order valence-corrected chi connectivity index (χ0v) is 9.93. The molecule has 1 aromatic heterocycles. The summed E-state index contributed by atoms with van der Waals surface area (Å²) in [5.41, 5.74) is 3.52. The molecule has 0 atom stereocenters. The van der Waals surface area contributed by atoms with Crippen LogP contribution in [0.15, 0.2) is 24.4 Å². The molecule has 0 fully saturated rings. The second kappa shape index (κ2) is 3.63. The second-order valence-corrected chi connectivity index (χ2v) is 2.86. The van der Waals surface area contributed by atoms with Crippen LogP contribution >= 0.6 is 0 Å². The van der Waals surface area contributed by atoms with E-state index >= 15 is 0 Å². The monoisotopic (exact) mass is 233 g/mol. The Bertz CT molecular complexity index is 390. The van der Waals surface area contributed by atoms with E-state index in [4.69, 9.17) is 0 Å². The van der Waals surface area contributed by atoms with Crippen molar-refractivity contribution < 1.29 is 32.7 Å². The molecule has 1 N–H and O–H groups in total. The Morgan fingerprint density at radius 2 is 2.08 bits per heavy atom. The van der Waals surface area contributed by atoms with Crippen LogP contribution in [0.3, 0.4) is 0 Å². The minimum absolute atomic E-state index is 0. The number of nitrogens with one attached hydrogen (secondary N) is 1. The molecule has 0 aliphatic carbocycles. The molecule has 0 spiro atoms. The Hall–Kier alpha value is -0.266. The van der Waals surface area contributed by atoms with Crippen molar-refractivity contribution in [1.29, 1.82) is 0 Å². The van der Waals surface area contributed by atoms with E-state index in [1.54, 1.807) is 0 Å². The summed E-state index contributed by atoms with van der Waals surface area (Å²) in [7, 11) is 0. The first-order valence-electron chi connectivity index (χ1n) is 3.67. The molecule has 1 nitrogen and oxygen atoms in total. The predicted molar refractivity (Wildman–Crippen MR) is 47.5 cm³/mol. The van der Waals surface area contributed by atoms with E-state index < -0.39 is 0 Å². The molecular formula is C10H10NY-. The van der Waals surface area contributed by atoms with Gasteiger partial charge in [-0.3, -0.25) is 0 Å². The maximum Gasteiger partial charge on any atom is 0 e. The largest absolute Gasteiger partial charge is 0.424 e. The number of aromatic nitrogens is 1. The van der Waals surface area contributed by atoms with Crippen LogP contribution in [0.4, 0.5) is 0 Å². The zero-order valence-electron chi connectivity index (χ0n) is 7.09. The Labute approximate surface area is 97.4 Å². The van der Waals surface area contributed by atoms with Crippen LogP contribution in [0.25, 0.3) is 10.9 Å². The van der Waals surface area contributed by atoms with Crippen LogP contribution in [0.5, 0.6) is 0 Å². The summed E-state index contributed by atoms with van der Waals surface area (Å²) in [6.45, 7) is 5.99. The smallest absolute Gasteiger partial charge is 0 e. The molecule has 0 saturated heterocycles. The number of fused-ring (bicyclic) bond motifs is 1. The van der Waals surface area contributed by atoms with Crippen molar-refractivity contribution in [2.24, 2.45) is 0 Å². The van der Waals surface area contributed by atoms with E-state index in [9.17, 15) is 0 Å². The summed E-state index contributed by atoms with van der Waals surface area (Å²) >= 11 is 0. The van der Waals surface area contributed by atoms with Gasteiger partial charge >= 0.3 is 0 Å². The van der Waals surface area contributed by atoms with Crippen LogP contribution < -0.4 is 0 Å². The van der Waals surface area contributed by atoms with Gasteiger partial charge in [0.25, 0.3) is 0 Å². The first-order valence-corrected chi connectivity index (χ1v) is 3.67. The first-order chi connectivity index (χ1) is 5.27. The first kappa shape index (κ1) is 9.82. The van der Waals surface area contributed by atoms with Crippen molar-refractivity contribution in [3.05, 3.63) is 42.4 Å². The van der Waals surface area contributed by atoms with Crippen LogP contribution in [0.2, 0.25) is 0 Å². The molecule has 2 aromatic rings. The van der Waals surface area contributed by atoms with Crippen molar-refractivity contribution in [3.63, 3.8) is 0 Å². The SMILES string of the molecule is [CH2-]c1c[nH]c2cc(C)ccc12.[Y]. The number of aromatic amines is 1. The topological polar surface area (TPSA) is 15.8 Å². The molecule has 0 unspecified atom stereocenters. The quantitative estimate of drug-likeness (QED) is 0.673. The number of hydrogen-bond acceptors (Lipinski definition) is 0. The molecule has 1 aromatic carbocycles. The number of aryl methyl sites for hydroxylation is 1. The normalized spacial score (nSPS) is 9.75. The van der Waals surface area contributed by atoms with Crippen molar-refractivity contribution >= 4 is 10.9 Å². The van der Waals surface area contributed by atoms with Gasteiger partial charge in [0.15, 0.2) is 0 Å². The number of H-pyrrole nitrogens is 1. The van der Waals surface area contributed by atoms with Gasteiger partial charge in [0.1, 0.15) is 0 Å². The van der Waals surface area contributed by atoms with Crippen molar-refractivity contribution in [1.82, 2.24) is 4.98 Å². The number of rotatable bonds is 0. The molecule has 12 heavy (non-hydrogen) atoms. The van der Waals surface area contributed by atoms with Gasteiger partial charge in [0.05, 0.1) is 0 Å². The van der Waals surface area contributed by atoms with Gasteiger partial charge in [-0.2, -0.15) is 12.5 Å². The summed E-state index contributed by atoms with van der Waals surface area (Å²) in [5, 5.41) is 1.22. The van der Waals surface area contributed by atoms with E-state index in [0.717, 1.165) is 5.56 Å². The summed E-state index contributed by atoms with van der Waals surface area (Å²) in [6.07, 6.45) is 1.93. The Morgan fingerprint density at radius 1 is 1.33 bits per heavy atom. The maximum atomic E-state index is 3.91. The fourth-order valence-corrected chi connectivity index (χ4v) is 1.30. The minimum atomic E-state index is 0. The van der Waals surface area contributed by atoms with Crippen LogP contribution in [-0.2, 0) is 32.7 Å². The van der Waals surface area contributed by atoms with Gasteiger partial charge in [-0.15, -0.1) is 17.6 Å². The van der Waals surface area contributed by atoms with E-state index in [1.165, 1.54) is 16.5 Å². The summed E-state index contributed by atoms with van der Waals surface area (Å²) in [4.78, 5) is 3.17.